The van der Waals surface area contributed by atoms with Crippen LogP contribution in [0.2, 0.25) is 0 Å². The summed E-state index contributed by atoms with van der Waals surface area (Å²) in [6.45, 7) is 2.41. The van der Waals surface area contributed by atoms with Gasteiger partial charge in [0, 0.05) is 18.3 Å². The van der Waals surface area contributed by atoms with Crippen molar-refractivity contribution in [2.24, 2.45) is 0 Å². The summed E-state index contributed by atoms with van der Waals surface area (Å²) in [5.41, 5.74) is 2.07. The van der Waals surface area contributed by atoms with E-state index in [1.165, 1.54) is 0 Å². The van der Waals surface area contributed by atoms with Crippen LogP contribution in [0.3, 0.4) is 0 Å². The molecule has 1 aromatic heterocycles. The maximum atomic E-state index is 12.6. The van der Waals surface area contributed by atoms with E-state index >= 15 is 0 Å². The van der Waals surface area contributed by atoms with Gasteiger partial charge in [-0.3, -0.25) is 4.79 Å². The quantitative estimate of drug-likeness (QED) is 0.608. The minimum atomic E-state index is -0.298. The smallest absolute Gasteiger partial charge is 0.274 e. The van der Waals surface area contributed by atoms with Crippen LogP contribution in [0.15, 0.2) is 54.6 Å². The number of hydrogen-bond acceptors (Lipinski definition) is 6. The molecular weight excluding hydrogens is 368 g/mol. The summed E-state index contributed by atoms with van der Waals surface area (Å²) < 4.78 is 10.5. The standard InChI is InChI=1S/C22H24N4O3/c1-15-24-19(22(27)26-17-8-10-18(28-2)11-9-17)14-21(25-15)23-13-12-16-6-4-5-7-20(16)29-3/h4-11,14H,12-13H2,1-3H3,(H,26,27)(H,23,24,25). The fraction of sp³-hybridized carbons (Fsp3) is 0.227. The third kappa shape index (κ3) is 5.44. The van der Waals surface area contributed by atoms with Crippen LogP contribution in [0.1, 0.15) is 21.9 Å². The van der Waals surface area contributed by atoms with Gasteiger partial charge in [-0.05, 0) is 49.2 Å². The van der Waals surface area contributed by atoms with Crippen molar-refractivity contribution in [1.29, 1.82) is 0 Å². The number of benzene rings is 2. The third-order valence-electron chi connectivity index (χ3n) is 4.31. The van der Waals surface area contributed by atoms with E-state index in [-0.39, 0.29) is 5.91 Å². The highest BCUT2D eigenvalue weighted by Gasteiger charge is 2.11. The summed E-state index contributed by atoms with van der Waals surface area (Å²) in [4.78, 5) is 21.2. The number of para-hydroxylation sites is 1. The van der Waals surface area contributed by atoms with Crippen LogP contribution >= 0.6 is 0 Å². The fourth-order valence-electron chi connectivity index (χ4n) is 2.88. The van der Waals surface area contributed by atoms with Crippen LogP contribution in [-0.2, 0) is 6.42 Å². The largest absolute Gasteiger partial charge is 0.497 e. The molecule has 1 amide bonds. The molecule has 0 aliphatic rings. The monoisotopic (exact) mass is 392 g/mol. The number of anilines is 2. The lowest BCUT2D eigenvalue weighted by Gasteiger charge is -2.11. The maximum absolute atomic E-state index is 12.6. The Morgan fingerprint density at radius 3 is 2.48 bits per heavy atom. The number of nitrogens with zero attached hydrogens (tertiary/aromatic N) is 2. The number of amides is 1. The molecule has 1 heterocycles. The average Bonchev–Trinajstić information content (AvgIpc) is 2.74. The van der Waals surface area contributed by atoms with Crippen LogP contribution in [0, 0.1) is 6.92 Å². The highest BCUT2D eigenvalue weighted by Crippen LogP contribution is 2.18. The van der Waals surface area contributed by atoms with Crippen molar-refractivity contribution in [3.63, 3.8) is 0 Å². The Labute approximate surface area is 170 Å². The van der Waals surface area contributed by atoms with Crippen LogP contribution in [0.25, 0.3) is 0 Å². The topological polar surface area (TPSA) is 85.4 Å². The molecule has 2 N–H and O–H groups in total. The van der Waals surface area contributed by atoms with E-state index in [0.29, 0.717) is 29.6 Å². The predicted molar refractivity (Wildman–Crippen MR) is 113 cm³/mol. The first-order valence-corrected chi connectivity index (χ1v) is 9.26. The van der Waals surface area contributed by atoms with Crippen LogP contribution < -0.4 is 20.1 Å². The minimum Gasteiger partial charge on any atom is -0.497 e. The van der Waals surface area contributed by atoms with Crippen molar-refractivity contribution in [2.75, 3.05) is 31.4 Å². The molecule has 0 spiro atoms. The Balaban J connectivity index is 1.64. The van der Waals surface area contributed by atoms with Crippen LogP contribution in [0.5, 0.6) is 11.5 Å². The van der Waals surface area contributed by atoms with Gasteiger partial charge in [-0.25, -0.2) is 9.97 Å². The van der Waals surface area contributed by atoms with Crippen molar-refractivity contribution in [3.05, 3.63) is 71.7 Å². The Morgan fingerprint density at radius 1 is 1.00 bits per heavy atom. The number of aryl methyl sites for hydroxylation is 1. The Hall–Kier alpha value is -3.61. The Morgan fingerprint density at radius 2 is 1.76 bits per heavy atom. The molecular formula is C22H24N4O3. The van der Waals surface area contributed by atoms with Crippen molar-refractivity contribution in [2.45, 2.75) is 13.3 Å². The number of carbonyl (C=O) groups excluding carboxylic acids is 1. The normalized spacial score (nSPS) is 10.3. The average molecular weight is 392 g/mol. The van der Waals surface area contributed by atoms with E-state index in [1.54, 1.807) is 51.5 Å². The van der Waals surface area contributed by atoms with Crippen molar-refractivity contribution in [3.8, 4) is 11.5 Å². The van der Waals surface area contributed by atoms with Gasteiger partial charge >= 0.3 is 0 Å². The van der Waals surface area contributed by atoms with Crippen molar-refractivity contribution >= 4 is 17.4 Å². The van der Waals surface area contributed by atoms with Gasteiger partial charge in [0.15, 0.2) is 0 Å². The second kappa shape index (κ2) is 9.54. The minimum absolute atomic E-state index is 0.298. The van der Waals surface area contributed by atoms with Crippen LogP contribution in [-0.4, -0.2) is 36.6 Å². The number of rotatable bonds is 8. The fourth-order valence-corrected chi connectivity index (χ4v) is 2.88. The van der Waals surface area contributed by atoms with Gasteiger partial charge < -0.3 is 20.1 Å². The second-order valence-corrected chi connectivity index (χ2v) is 6.36. The molecule has 0 aliphatic carbocycles. The zero-order valence-electron chi connectivity index (χ0n) is 16.7. The van der Waals surface area contributed by atoms with E-state index in [2.05, 4.69) is 20.6 Å². The lowest BCUT2D eigenvalue weighted by Crippen LogP contribution is -2.16. The highest BCUT2D eigenvalue weighted by atomic mass is 16.5. The molecule has 0 saturated carbocycles. The number of ether oxygens (including phenoxy) is 2. The van der Waals surface area contributed by atoms with Gasteiger partial charge in [0.25, 0.3) is 5.91 Å². The van der Waals surface area contributed by atoms with E-state index < -0.39 is 0 Å². The molecule has 3 rings (SSSR count). The lowest BCUT2D eigenvalue weighted by molar-refractivity contribution is 0.102. The third-order valence-corrected chi connectivity index (χ3v) is 4.31. The van der Waals surface area contributed by atoms with Gasteiger partial charge in [-0.1, -0.05) is 18.2 Å². The molecule has 0 atom stereocenters. The number of nitrogens with one attached hydrogen (secondary N) is 2. The lowest BCUT2D eigenvalue weighted by atomic mass is 10.1. The number of methoxy groups -OCH3 is 2. The van der Waals surface area contributed by atoms with Crippen LogP contribution in [0.4, 0.5) is 11.5 Å². The molecule has 0 fully saturated rings. The van der Waals surface area contributed by atoms with Gasteiger partial charge in [0.1, 0.15) is 28.8 Å². The highest BCUT2D eigenvalue weighted by molar-refractivity contribution is 6.03. The first kappa shape index (κ1) is 20.1. The summed E-state index contributed by atoms with van der Waals surface area (Å²) in [7, 11) is 3.26. The molecule has 3 aromatic rings. The van der Waals surface area contributed by atoms with Gasteiger partial charge in [-0.15, -0.1) is 0 Å². The number of hydrogen-bond donors (Lipinski definition) is 2. The molecule has 29 heavy (non-hydrogen) atoms. The molecule has 0 radical (unpaired) electrons. The summed E-state index contributed by atoms with van der Waals surface area (Å²) in [6.07, 6.45) is 0.764. The Kier molecular flexibility index (Phi) is 6.63. The van der Waals surface area contributed by atoms with Gasteiger partial charge in [-0.2, -0.15) is 0 Å². The van der Waals surface area contributed by atoms with E-state index in [9.17, 15) is 4.79 Å². The molecule has 7 nitrogen and oxygen atoms in total. The summed E-state index contributed by atoms with van der Waals surface area (Å²) >= 11 is 0. The van der Waals surface area contributed by atoms with E-state index in [1.807, 2.05) is 24.3 Å². The molecule has 150 valence electrons. The Bertz CT molecular complexity index is 974. The molecule has 7 heteroatoms. The first-order chi connectivity index (χ1) is 14.1. The van der Waals surface area contributed by atoms with Gasteiger partial charge in [0.2, 0.25) is 0 Å². The molecule has 0 saturated heterocycles. The maximum Gasteiger partial charge on any atom is 0.274 e. The van der Waals surface area contributed by atoms with E-state index in [4.69, 9.17) is 9.47 Å². The number of carbonyl (C=O) groups is 1. The van der Waals surface area contributed by atoms with Gasteiger partial charge in [0.05, 0.1) is 14.2 Å². The first-order valence-electron chi connectivity index (χ1n) is 9.26. The van der Waals surface area contributed by atoms with Crippen molar-refractivity contribution < 1.29 is 14.3 Å². The molecule has 0 aliphatic heterocycles. The van der Waals surface area contributed by atoms with Crippen molar-refractivity contribution in [1.82, 2.24) is 9.97 Å². The summed E-state index contributed by atoms with van der Waals surface area (Å²) in [6, 6.07) is 16.6. The zero-order chi connectivity index (χ0) is 20.6. The predicted octanol–water partition coefficient (Wildman–Crippen LogP) is 3.71. The summed E-state index contributed by atoms with van der Waals surface area (Å²) in [5.74, 6) is 2.41. The zero-order valence-corrected chi connectivity index (χ0v) is 16.7. The number of aromatic nitrogens is 2. The second-order valence-electron chi connectivity index (χ2n) is 6.36. The molecule has 0 bridgehead atoms. The molecule has 2 aromatic carbocycles. The summed E-state index contributed by atoms with van der Waals surface area (Å²) in [5, 5.41) is 6.09. The van der Waals surface area contributed by atoms with E-state index in [0.717, 1.165) is 23.5 Å². The molecule has 0 unspecified atom stereocenters. The SMILES string of the molecule is COc1ccc(NC(=O)c2cc(NCCc3ccccc3OC)nc(C)n2)cc1.